The number of nitrogens with zero attached hydrogens (tertiary/aromatic N) is 3. The van der Waals surface area contributed by atoms with Crippen LogP contribution < -0.4 is 0 Å². The van der Waals surface area contributed by atoms with E-state index in [0.717, 1.165) is 25.9 Å². The van der Waals surface area contributed by atoms with E-state index in [-0.39, 0.29) is 12.0 Å². The molecule has 1 saturated heterocycles. The SMILES string of the molecule is COCCc1noc(CN2CCCC(C)(CO)C2)n1. The van der Waals surface area contributed by atoms with Crippen LogP contribution in [0.15, 0.2) is 4.52 Å². The average molecular weight is 269 g/mol. The lowest BCUT2D eigenvalue weighted by atomic mass is 9.83. The lowest BCUT2D eigenvalue weighted by Gasteiger charge is -2.38. The first-order chi connectivity index (χ1) is 9.15. The lowest BCUT2D eigenvalue weighted by Crippen LogP contribution is -2.43. The minimum atomic E-state index is -0.00283. The van der Waals surface area contributed by atoms with Crippen molar-refractivity contribution in [2.45, 2.75) is 32.7 Å². The van der Waals surface area contributed by atoms with E-state index in [2.05, 4.69) is 22.0 Å². The number of ether oxygens (including phenoxy) is 1. The third-order valence-electron chi connectivity index (χ3n) is 3.64. The minimum Gasteiger partial charge on any atom is -0.396 e. The molecule has 19 heavy (non-hydrogen) atoms. The van der Waals surface area contributed by atoms with Gasteiger partial charge in [0.25, 0.3) is 0 Å². The molecule has 2 heterocycles. The van der Waals surface area contributed by atoms with Crippen molar-refractivity contribution in [3.8, 4) is 0 Å². The summed E-state index contributed by atoms with van der Waals surface area (Å²) < 4.78 is 10.2. The molecule has 6 heteroatoms. The third-order valence-corrected chi connectivity index (χ3v) is 3.64. The van der Waals surface area contributed by atoms with Crippen LogP contribution in [0.25, 0.3) is 0 Å². The highest BCUT2D eigenvalue weighted by molar-refractivity contribution is 4.89. The van der Waals surface area contributed by atoms with Gasteiger partial charge in [-0.2, -0.15) is 4.98 Å². The first-order valence-corrected chi connectivity index (χ1v) is 6.79. The van der Waals surface area contributed by atoms with E-state index in [1.807, 2.05) is 0 Å². The molecule has 0 aliphatic carbocycles. The number of aromatic nitrogens is 2. The highest BCUT2D eigenvalue weighted by Crippen LogP contribution is 2.29. The summed E-state index contributed by atoms with van der Waals surface area (Å²) in [5, 5.41) is 13.4. The number of aliphatic hydroxyl groups is 1. The number of piperidine rings is 1. The fourth-order valence-electron chi connectivity index (χ4n) is 2.53. The van der Waals surface area contributed by atoms with E-state index < -0.39 is 0 Å². The van der Waals surface area contributed by atoms with Crippen LogP contribution >= 0.6 is 0 Å². The molecule has 0 spiro atoms. The van der Waals surface area contributed by atoms with E-state index in [1.165, 1.54) is 0 Å². The van der Waals surface area contributed by atoms with Crippen molar-refractivity contribution in [3.63, 3.8) is 0 Å². The van der Waals surface area contributed by atoms with E-state index in [4.69, 9.17) is 9.26 Å². The van der Waals surface area contributed by atoms with Gasteiger partial charge in [-0.15, -0.1) is 0 Å². The fraction of sp³-hybridized carbons (Fsp3) is 0.846. The topological polar surface area (TPSA) is 71.6 Å². The first kappa shape index (κ1) is 14.4. The quantitative estimate of drug-likeness (QED) is 0.825. The zero-order valence-corrected chi connectivity index (χ0v) is 11.8. The maximum Gasteiger partial charge on any atom is 0.240 e. The number of methoxy groups -OCH3 is 1. The summed E-state index contributed by atoms with van der Waals surface area (Å²) in [5.74, 6) is 1.34. The molecule has 108 valence electrons. The van der Waals surface area contributed by atoms with Crippen LogP contribution in [0.2, 0.25) is 0 Å². The average Bonchev–Trinajstić information content (AvgIpc) is 2.84. The minimum absolute atomic E-state index is 0.00283. The zero-order chi connectivity index (χ0) is 13.7. The second kappa shape index (κ2) is 6.45. The highest BCUT2D eigenvalue weighted by Gasteiger charge is 2.30. The van der Waals surface area contributed by atoms with Crippen LogP contribution in [0, 0.1) is 5.41 Å². The third kappa shape index (κ3) is 3.99. The predicted molar refractivity (Wildman–Crippen MR) is 69.6 cm³/mol. The van der Waals surface area contributed by atoms with Gasteiger partial charge < -0.3 is 14.4 Å². The summed E-state index contributed by atoms with van der Waals surface area (Å²) in [6, 6.07) is 0. The van der Waals surface area contributed by atoms with Crippen molar-refractivity contribution in [1.29, 1.82) is 0 Å². The van der Waals surface area contributed by atoms with Gasteiger partial charge in [0.1, 0.15) is 0 Å². The maximum absolute atomic E-state index is 9.44. The molecule has 0 amide bonds. The van der Waals surface area contributed by atoms with Crippen molar-refractivity contribution in [1.82, 2.24) is 15.0 Å². The second-order valence-corrected chi connectivity index (χ2v) is 5.63. The van der Waals surface area contributed by atoms with Crippen molar-refractivity contribution < 1.29 is 14.4 Å². The first-order valence-electron chi connectivity index (χ1n) is 6.79. The Morgan fingerprint density at radius 1 is 1.53 bits per heavy atom. The molecule has 0 radical (unpaired) electrons. The summed E-state index contributed by atoms with van der Waals surface area (Å²) >= 11 is 0. The molecule has 0 saturated carbocycles. The fourth-order valence-corrected chi connectivity index (χ4v) is 2.53. The summed E-state index contributed by atoms with van der Waals surface area (Å²) in [5.41, 5.74) is -0.00283. The highest BCUT2D eigenvalue weighted by atomic mass is 16.5. The molecule has 1 aromatic heterocycles. The van der Waals surface area contributed by atoms with Crippen molar-refractivity contribution in [2.24, 2.45) is 5.41 Å². The Bertz CT molecular complexity index is 396. The number of rotatable bonds is 6. The Kier molecular flexibility index (Phi) is 4.90. The van der Waals surface area contributed by atoms with Gasteiger partial charge in [0.15, 0.2) is 5.82 Å². The Morgan fingerprint density at radius 3 is 3.11 bits per heavy atom. The normalized spacial score (nSPS) is 24.8. The van der Waals surface area contributed by atoms with E-state index in [1.54, 1.807) is 7.11 Å². The molecule has 1 aliphatic rings. The largest absolute Gasteiger partial charge is 0.396 e. The molecule has 1 atom stereocenters. The van der Waals surface area contributed by atoms with Crippen molar-refractivity contribution >= 4 is 0 Å². The van der Waals surface area contributed by atoms with Gasteiger partial charge in [-0.25, -0.2) is 0 Å². The number of hydrogen-bond acceptors (Lipinski definition) is 6. The smallest absolute Gasteiger partial charge is 0.240 e. The van der Waals surface area contributed by atoms with E-state index >= 15 is 0 Å². The van der Waals surface area contributed by atoms with Gasteiger partial charge in [0.05, 0.1) is 13.2 Å². The molecule has 1 fully saturated rings. The van der Waals surface area contributed by atoms with Crippen LogP contribution in [0.3, 0.4) is 0 Å². The van der Waals surface area contributed by atoms with Crippen molar-refractivity contribution in [2.75, 3.05) is 33.4 Å². The maximum atomic E-state index is 9.44. The van der Waals surface area contributed by atoms with E-state index in [0.29, 0.717) is 31.3 Å². The monoisotopic (exact) mass is 269 g/mol. The van der Waals surface area contributed by atoms with Gasteiger partial charge in [0, 0.05) is 32.1 Å². The standard InChI is InChI=1S/C13H23N3O3/c1-13(10-17)5-3-6-16(9-13)8-12-14-11(15-19-12)4-7-18-2/h17H,3-10H2,1-2H3. The van der Waals surface area contributed by atoms with Gasteiger partial charge >= 0.3 is 0 Å². The molecule has 1 aliphatic heterocycles. The second-order valence-electron chi connectivity index (χ2n) is 5.63. The molecular formula is C13H23N3O3. The number of hydrogen-bond donors (Lipinski definition) is 1. The zero-order valence-electron chi connectivity index (χ0n) is 11.8. The Morgan fingerprint density at radius 2 is 2.37 bits per heavy atom. The number of aliphatic hydroxyl groups excluding tert-OH is 1. The van der Waals surface area contributed by atoms with Crippen LogP contribution in [-0.2, 0) is 17.7 Å². The van der Waals surface area contributed by atoms with Gasteiger partial charge in [-0.1, -0.05) is 12.1 Å². The van der Waals surface area contributed by atoms with Crippen LogP contribution in [0.4, 0.5) is 0 Å². The van der Waals surface area contributed by atoms with Crippen LogP contribution in [0.1, 0.15) is 31.5 Å². The molecule has 1 unspecified atom stereocenters. The molecule has 1 aromatic rings. The molecule has 0 aromatic carbocycles. The molecule has 1 N–H and O–H groups in total. The number of likely N-dealkylation sites (tertiary alicyclic amines) is 1. The molecule has 0 bridgehead atoms. The Balaban J connectivity index is 1.88. The lowest BCUT2D eigenvalue weighted by molar-refractivity contribution is 0.0382. The van der Waals surface area contributed by atoms with Crippen LogP contribution in [0.5, 0.6) is 0 Å². The van der Waals surface area contributed by atoms with Gasteiger partial charge in [0.2, 0.25) is 5.89 Å². The van der Waals surface area contributed by atoms with Gasteiger partial charge in [-0.3, -0.25) is 4.90 Å². The summed E-state index contributed by atoms with van der Waals surface area (Å²) in [7, 11) is 1.66. The molecule has 6 nitrogen and oxygen atoms in total. The predicted octanol–water partition coefficient (Wildman–Crippen LogP) is 0.853. The molecule has 2 rings (SSSR count). The summed E-state index contributed by atoms with van der Waals surface area (Å²) in [6.07, 6.45) is 2.85. The van der Waals surface area contributed by atoms with Crippen molar-refractivity contribution in [3.05, 3.63) is 11.7 Å². The summed E-state index contributed by atoms with van der Waals surface area (Å²) in [6.45, 7) is 5.51. The van der Waals surface area contributed by atoms with Crippen LogP contribution in [-0.4, -0.2) is 53.6 Å². The molecular weight excluding hydrogens is 246 g/mol. The summed E-state index contributed by atoms with van der Waals surface area (Å²) in [4.78, 5) is 6.62. The van der Waals surface area contributed by atoms with E-state index in [9.17, 15) is 5.11 Å². The Labute approximate surface area is 113 Å². The van der Waals surface area contributed by atoms with Gasteiger partial charge in [-0.05, 0) is 19.4 Å². The Hall–Kier alpha value is -0.980.